The van der Waals surface area contributed by atoms with Crippen molar-refractivity contribution in [3.63, 3.8) is 0 Å². The Bertz CT molecular complexity index is 488. The topological polar surface area (TPSA) is 56.1 Å². The van der Waals surface area contributed by atoms with Crippen LogP contribution in [0.25, 0.3) is 0 Å². The van der Waals surface area contributed by atoms with Crippen molar-refractivity contribution in [1.82, 2.24) is 15.1 Å². The monoisotopic (exact) mass is 293 g/mol. The molecule has 0 amide bonds. The maximum absolute atomic E-state index is 12.9. The maximum atomic E-state index is 12.9. The van der Waals surface area contributed by atoms with Gasteiger partial charge in [0.1, 0.15) is 5.69 Å². The smallest absolute Gasteiger partial charge is 0.186 e. The summed E-state index contributed by atoms with van der Waals surface area (Å²) in [6.07, 6.45) is 7.92. The average Bonchev–Trinajstić information content (AvgIpc) is 2.92. The molecule has 1 N–H and O–H groups in total. The second-order valence-corrected chi connectivity index (χ2v) is 6.29. The molecule has 0 aromatic carbocycles. The average molecular weight is 293 g/mol. The fourth-order valence-electron chi connectivity index (χ4n) is 3.29. The van der Waals surface area contributed by atoms with Crippen molar-refractivity contribution in [2.24, 2.45) is 0 Å². The van der Waals surface area contributed by atoms with Gasteiger partial charge in [-0.2, -0.15) is 5.10 Å². The Morgan fingerprint density at radius 2 is 2.10 bits per heavy atom. The van der Waals surface area contributed by atoms with Gasteiger partial charge < -0.3 is 10.1 Å². The highest BCUT2D eigenvalue weighted by molar-refractivity contribution is 5.97. The van der Waals surface area contributed by atoms with Gasteiger partial charge in [0.05, 0.1) is 13.3 Å². The summed E-state index contributed by atoms with van der Waals surface area (Å²) in [7, 11) is 3.56. The molecule has 1 fully saturated rings. The van der Waals surface area contributed by atoms with Gasteiger partial charge in [-0.05, 0) is 33.7 Å². The zero-order valence-electron chi connectivity index (χ0n) is 13.6. The molecule has 2 rings (SSSR count). The molecule has 1 aliphatic carbocycles. The van der Waals surface area contributed by atoms with E-state index in [2.05, 4.69) is 10.4 Å². The molecule has 0 spiro atoms. The zero-order valence-corrected chi connectivity index (χ0v) is 13.6. The normalized spacial score (nSPS) is 18.0. The van der Waals surface area contributed by atoms with Crippen LogP contribution in [0.15, 0.2) is 6.20 Å². The van der Waals surface area contributed by atoms with E-state index in [1.54, 1.807) is 18.0 Å². The number of hydrogen-bond acceptors (Lipinski definition) is 4. The van der Waals surface area contributed by atoms with Gasteiger partial charge in [0.15, 0.2) is 11.5 Å². The summed E-state index contributed by atoms with van der Waals surface area (Å²) < 4.78 is 7.10. The molecule has 0 aliphatic heterocycles. The summed E-state index contributed by atoms with van der Waals surface area (Å²) in [5.74, 6) is 0.699. The molecule has 21 heavy (non-hydrogen) atoms. The van der Waals surface area contributed by atoms with Gasteiger partial charge in [0.2, 0.25) is 0 Å². The summed E-state index contributed by atoms with van der Waals surface area (Å²) in [6, 6.07) is 0.143. The molecular formula is C16H27N3O2. The zero-order chi connectivity index (χ0) is 15.5. The van der Waals surface area contributed by atoms with Crippen LogP contribution in [0.2, 0.25) is 0 Å². The van der Waals surface area contributed by atoms with Crippen LogP contribution in [0.1, 0.15) is 68.9 Å². The van der Waals surface area contributed by atoms with Gasteiger partial charge >= 0.3 is 0 Å². The summed E-state index contributed by atoms with van der Waals surface area (Å²) in [4.78, 5) is 12.9. The highest BCUT2D eigenvalue weighted by atomic mass is 16.5. The van der Waals surface area contributed by atoms with E-state index in [1.165, 1.54) is 19.3 Å². The van der Waals surface area contributed by atoms with Gasteiger partial charge in [-0.1, -0.05) is 19.3 Å². The molecule has 1 aromatic heterocycles. The molecule has 5 heteroatoms. The summed E-state index contributed by atoms with van der Waals surface area (Å²) in [6.45, 7) is 4.05. The first-order chi connectivity index (χ1) is 10.0. The molecular weight excluding hydrogens is 266 g/mol. The van der Waals surface area contributed by atoms with E-state index < -0.39 is 0 Å². The number of Topliss-reactive ketones (excluding diaryl/α,β-unsaturated/α-hetero) is 1. The van der Waals surface area contributed by atoms with Crippen LogP contribution >= 0.6 is 0 Å². The molecule has 0 atom stereocenters. The van der Waals surface area contributed by atoms with Crippen molar-refractivity contribution in [3.05, 3.63) is 11.9 Å². The number of aromatic nitrogens is 2. The van der Waals surface area contributed by atoms with Gasteiger partial charge in [-0.15, -0.1) is 0 Å². The van der Waals surface area contributed by atoms with Crippen LogP contribution < -0.4 is 10.1 Å². The third kappa shape index (κ3) is 3.28. The van der Waals surface area contributed by atoms with E-state index in [1.807, 2.05) is 20.9 Å². The molecule has 5 nitrogen and oxygen atoms in total. The van der Waals surface area contributed by atoms with Crippen LogP contribution in [0.4, 0.5) is 0 Å². The lowest BCUT2D eigenvalue weighted by atomic mass is 9.78. The Labute approximate surface area is 127 Å². The first-order valence-electron chi connectivity index (χ1n) is 7.86. The van der Waals surface area contributed by atoms with Crippen molar-refractivity contribution in [1.29, 1.82) is 0 Å². The molecule has 1 heterocycles. The number of nitrogens with zero attached hydrogens (tertiary/aromatic N) is 2. The molecule has 0 bridgehead atoms. The Morgan fingerprint density at radius 1 is 1.43 bits per heavy atom. The Kier molecular flexibility index (Phi) is 5.04. The van der Waals surface area contributed by atoms with Crippen molar-refractivity contribution in [3.8, 4) is 5.75 Å². The number of methoxy groups -OCH3 is 1. The van der Waals surface area contributed by atoms with Gasteiger partial charge in [0, 0.05) is 18.0 Å². The van der Waals surface area contributed by atoms with Crippen LogP contribution in [-0.2, 0) is 0 Å². The largest absolute Gasteiger partial charge is 0.493 e. The van der Waals surface area contributed by atoms with Crippen molar-refractivity contribution >= 4 is 5.78 Å². The van der Waals surface area contributed by atoms with E-state index >= 15 is 0 Å². The number of carbonyl (C=O) groups excluding carboxylic acids is 1. The molecule has 1 aliphatic rings. The summed E-state index contributed by atoms with van der Waals surface area (Å²) in [5.41, 5.74) is 0.541. The maximum Gasteiger partial charge on any atom is 0.186 e. The highest BCUT2D eigenvalue weighted by Crippen LogP contribution is 2.33. The molecule has 118 valence electrons. The lowest BCUT2D eigenvalue weighted by molar-refractivity contribution is 0.0899. The van der Waals surface area contributed by atoms with Crippen LogP contribution in [0.5, 0.6) is 5.75 Å². The predicted octanol–water partition coefficient (Wildman–Crippen LogP) is 2.97. The minimum Gasteiger partial charge on any atom is -0.493 e. The van der Waals surface area contributed by atoms with Crippen LogP contribution in [0.3, 0.4) is 0 Å². The predicted molar refractivity (Wildman–Crippen MR) is 83.0 cm³/mol. The second kappa shape index (κ2) is 6.60. The number of ketones is 1. The van der Waals surface area contributed by atoms with Crippen molar-refractivity contribution < 1.29 is 9.53 Å². The van der Waals surface area contributed by atoms with E-state index in [-0.39, 0.29) is 17.4 Å². The van der Waals surface area contributed by atoms with E-state index in [0.29, 0.717) is 17.9 Å². The number of nitrogens with one attached hydrogen (secondary N) is 1. The fourth-order valence-corrected chi connectivity index (χ4v) is 3.29. The molecule has 1 saturated carbocycles. The third-order valence-corrected chi connectivity index (χ3v) is 4.57. The fraction of sp³-hybridized carbons (Fsp3) is 0.750. The van der Waals surface area contributed by atoms with E-state index in [4.69, 9.17) is 4.74 Å². The highest BCUT2D eigenvalue weighted by Gasteiger charge is 2.35. The van der Waals surface area contributed by atoms with Crippen LogP contribution in [0, 0.1) is 0 Å². The lowest BCUT2D eigenvalue weighted by Gasteiger charge is -2.36. The number of ether oxygens (including phenoxy) is 1. The Hall–Kier alpha value is -1.36. The molecule has 0 radical (unpaired) electrons. The lowest BCUT2D eigenvalue weighted by Crippen LogP contribution is -2.46. The SMILES string of the molecule is CNC1(CC(=O)c2c(OC)cnn2C(C)C)CCCCC1. The van der Waals surface area contributed by atoms with Crippen LogP contribution in [-0.4, -0.2) is 35.3 Å². The van der Waals surface area contributed by atoms with Gasteiger partial charge in [0.25, 0.3) is 0 Å². The third-order valence-electron chi connectivity index (χ3n) is 4.57. The summed E-state index contributed by atoms with van der Waals surface area (Å²) in [5, 5.41) is 7.70. The number of hydrogen-bond donors (Lipinski definition) is 1. The number of rotatable bonds is 6. The standard InChI is InChI=1S/C16H27N3O2/c1-12(2)19-15(14(21-4)11-18-19)13(20)10-16(17-3)8-6-5-7-9-16/h11-12,17H,5-10H2,1-4H3. The first-order valence-corrected chi connectivity index (χ1v) is 7.86. The summed E-state index contributed by atoms with van der Waals surface area (Å²) >= 11 is 0. The first kappa shape index (κ1) is 16.0. The number of carbonyl (C=O) groups is 1. The van der Waals surface area contributed by atoms with Crippen molar-refractivity contribution in [2.45, 2.75) is 64.0 Å². The molecule has 1 aromatic rings. The molecule has 0 saturated heterocycles. The Morgan fingerprint density at radius 3 is 2.62 bits per heavy atom. The minimum absolute atomic E-state index is 0.0631. The minimum atomic E-state index is -0.0631. The van der Waals surface area contributed by atoms with Gasteiger partial charge in [-0.25, -0.2) is 0 Å². The van der Waals surface area contributed by atoms with Gasteiger partial charge in [-0.3, -0.25) is 9.48 Å². The molecule has 0 unspecified atom stereocenters. The Balaban J connectivity index is 2.25. The van der Waals surface area contributed by atoms with Crippen molar-refractivity contribution in [2.75, 3.05) is 14.2 Å². The van der Waals surface area contributed by atoms with E-state index in [9.17, 15) is 4.79 Å². The quantitative estimate of drug-likeness (QED) is 0.819. The van der Waals surface area contributed by atoms with E-state index in [0.717, 1.165) is 12.8 Å². The second-order valence-electron chi connectivity index (χ2n) is 6.29.